The first kappa shape index (κ1) is 23.0. The molecule has 0 bridgehead atoms. The number of hydrogen-bond acceptors (Lipinski definition) is 7. The highest BCUT2D eigenvalue weighted by atomic mass is 79.9. The molecular weight excluding hydrogens is 528 g/mol. The molecule has 9 nitrogen and oxygen atoms in total. The molecule has 0 aliphatic rings. The minimum atomic E-state index is -0.586. The first-order valence-corrected chi connectivity index (χ1v) is 11.3. The number of nitro benzene ring substituents is 1. The standard InChI is InChI=1S/C26H15BrN4O5/c1-2-11-35-24-19(27)12-16(13-21(24)31(33)34)15-28-30-25(23-14-17-7-3-6-10-22(17)36-23)29-20-9-5-4-8-18(20)26(30)32/h1,3-10,12-15H,11H2. The van der Waals surface area contributed by atoms with Gasteiger partial charge in [0.2, 0.25) is 11.6 Å². The number of aromatic nitrogens is 2. The van der Waals surface area contributed by atoms with E-state index in [2.05, 4.69) is 31.9 Å². The van der Waals surface area contributed by atoms with Gasteiger partial charge in [0, 0.05) is 17.0 Å². The van der Waals surface area contributed by atoms with Crippen LogP contribution in [0.3, 0.4) is 0 Å². The minimum absolute atomic E-state index is 0.00241. The van der Waals surface area contributed by atoms with Gasteiger partial charge in [-0.3, -0.25) is 14.9 Å². The van der Waals surface area contributed by atoms with Gasteiger partial charge >= 0.3 is 5.69 Å². The molecule has 0 aliphatic carbocycles. The summed E-state index contributed by atoms with van der Waals surface area (Å²) in [4.78, 5) is 29.0. The maximum absolute atomic E-state index is 13.4. The van der Waals surface area contributed by atoms with Gasteiger partial charge in [-0.1, -0.05) is 36.3 Å². The fraction of sp³-hybridized carbons (Fsp3) is 0.0385. The highest BCUT2D eigenvalue weighted by Gasteiger charge is 2.20. The molecule has 0 saturated carbocycles. The highest BCUT2D eigenvalue weighted by Crippen LogP contribution is 2.36. The average molecular weight is 543 g/mol. The van der Waals surface area contributed by atoms with Gasteiger partial charge in [-0.15, -0.1) is 6.42 Å². The Balaban J connectivity index is 1.67. The molecule has 0 N–H and O–H groups in total. The topological polar surface area (TPSA) is 113 Å². The fourth-order valence-electron chi connectivity index (χ4n) is 3.67. The zero-order valence-corrected chi connectivity index (χ0v) is 20.0. The Morgan fingerprint density at radius 1 is 1.19 bits per heavy atom. The molecule has 0 atom stereocenters. The van der Waals surface area contributed by atoms with Gasteiger partial charge in [-0.05, 0) is 46.3 Å². The first-order chi connectivity index (χ1) is 17.5. The summed E-state index contributed by atoms with van der Waals surface area (Å²) in [6.07, 6.45) is 6.53. The third-order valence-electron chi connectivity index (χ3n) is 5.26. The van der Waals surface area contributed by atoms with E-state index in [-0.39, 0.29) is 23.9 Å². The molecule has 2 heterocycles. The summed E-state index contributed by atoms with van der Waals surface area (Å²) in [7, 11) is 0. The van der Waals surface area contributed by atoms with Gasteiger partial charge in [0.15, 0.2) is 5.76 Å². The number of benzene rings is 3. The lowest BCUT2D eigenvalue weighted by atomic mass is 10.2. The quantitative estimate of drug-likeness (QED) is 0.123. The van der Waals surface area contributed by atoms with Crippen LogP contribution >= 0.6 is 15.9 Å². The summed E-state index contributed by atoms with van der Waals surface area (Å²) in [6.45, 7) is -0.133. The molecule has 0 unspecified atom stereocenters. The van der Waals surface area contributed by atoms with Gasteiger partial charge in [0.05, 0.1) is 26.5 Å². The van der Waals surface area contributed by atoms with Gasteiger partial charge in [-0.25, -0.2) is 4.98 Å². The van der Waals surface area contributed by atoms with Crippen LogP contribution in [-0.4, -0.2) is 27.4 Å². The summed E-state index contributed by atoms with van der Waals surface area (Å²) in [6, 6.07) is 18.9. The Kier molecular flexibility index (Phi) is 6.06. The summed E-state index contributed by atoms with van der Waals surface area (Å²) < 4.78 is 12.7. The number of nitro groups is 1. The Bertz CT molecular complexity index is 1750. The fourth-order valence-corrected chi connectivity index (χ4v) is 4.25. The lowest BCUT2D eigenvalue weighted by Gasteiger charge is -2.08. The van der Waals surface area contributed by atoms with Crippen LogP contribution in [0.2, 0.25) is 0 Å². The molecule has 10 heteroatoms. The maximum Gasteiger partial charge on any atom is 0.312 e. The van der Waals surface area contributed by atoms with Crippen LogP contribution in [0.4, 0.5) is 5.69 Å². The van der Waals surface area contributed by atoms with Crippen LogP contribution < -0.4 is 10.3 Å². The second-order valence-electron chi connectivity index (χ2n) is 7.56. The molecule has 3 aromatic carbocycles. The van der Waals surface area contributed by atoms with Crippen LogP contribution in [0.1, 0.15) is 5.56 Å². The van der Waals surface area contributed by atoms with Crippen molar-refractivity contribution in [2.75, 3.05) is 6.61 Å². The normalized spacial score (nSPS) is 11.2. The summed E-state index contributed by atoms with van der Waals surface area (Å²) in [5, 5.41) is 17.2. The minimum Gasteiger partial charge on any atom is -0.473 e. The number of rotatable bonds is 6. The lowest BCUT2D eigenvalue weighted by Crippen LogP contribution is -2.20. The zero-order chi connectivity index (χ0) is 25.2. The van der Waals surface area contributed by atoms with Gasteiger partial charge in [0.1, 0.15) is 12.2 Å². The molecule has 0 radical (unpaired) electrons. The van der Waals surface area contributed by atoms with Crippen molar-refractivity contribution in [1.29, 1.82) is 0 Å². The number of fused-ring (bicyclic) bond motifs is 2. The molecule has 0 aliphatic heterocycles. The van der Waals surface area contributed by atoms with E-state index >= 15 is 0 Å². The second-order valence-corrected chi connectivity index (χ2v) is 8.42. The van der Waals surface area contributed by atoms with E-state index in [0.29, 0.717) is 32.3 Å². The van der Waals surface area contributed by atoms with Crippen LogP contribution in [-0.2, 0) is 0 Å². The van der Waals surface area contributed by atoms with Crippen molar-refractivity contribution in [3.05, 3.63) is 97.2 Å². The predicted octanol–water partition coefficient (Wildman–Crippen LogP) is 5.37. The largest absolute Gasteiger partial charge is 0.473 e. The highest BCUT2D eigenvalue weighted by molar-refractivity contribution is 9.10. The van der Waals surface area contributed by atoms with Crippen LogP contribution in [0, 0.1) is 22.5 Å². The Labute approximate surface area is 211 Å². The van der Waals surface area contributed by atoms with E-state index in [1.807, 2.05) is 24.3 Å². The number of hydrogen-bond donors (Lipinski definition) is 0. The molecule has 5 aromatic rings. The van der Waals surface area contributed by atoms with Crippen molar-refractivity contribution in [3.8, 4) is 29.7 Å². The van der Waals surface area contributed by atoms with Crippen molar-refractivity contribution < 1.29 is 14.1 Å². The third kappa shape index (κ3) is 4.23. The van der Waals surface area contributed by atoms with Crippen LogP contribution in [0.15, 0.2) is 85.5 Å². The SMILES string of the molecule is C#CCOc1c(Br)cc(C=Nn2c(-c3cc4ccccc4o3)nc3ccccc3c2=O)cc1[N+](=O)[O-]. The van der Waals surface area contributed by atoms with E-state index in [9.17, 15) is 14.9 Å². The number of terminal acetylenes is 1. The Hall–Kier alpha value is -4.75. The monoisotopic (exact) mass is 542 g/mol. The van der Waals surface area contributed by atoms with Crippen molar-refractivity contribution in [1.82, 2.24) is 9.66 Å². The Morgan fingerprint density at radius 2 is 1.97 bits per heavy atom. The molecule has 0 spiro atoms. The molecule has 36 heavy (non-hydrogen) atoms. The van der Waals surface area contributed by atoms with Gasteiger partial charge in [-0.2, -0.15) is 9.78 Å². The summed E-state index contributed by atoms with van der Waals surface area (Å²) in [5.74, 6) is 2.82. The number of ether oxygens (including phenoxy) is 1. The first-order valence-electron chi connectivity index (χ1n) is 10.6. The molecular formula is C26H15BrN4O5. The molecule has 0 saturated heterocycles. The van der Waals surface area contributed by atoms with E-state index in [4.69, 9.17) is 15.6 Å². The molecule has 0 amide bonds. The number of nitrogens with zero attached hydrogens (tertiary/aromatic N) is 4. The zero-order valence-electron chi connectivity index (χ0n) is 18.4. The van der Waals surface area contributed by atoms with Crippen molar-refractivity contribution in [3.63, 3.8) is 0 Å². The second kappa shape index (κ2) is 9.48. The van der Waals surface area contributed by atoms with Crippen molar-refractivity contribution in [2.45, 2.75) is 0 Å². The van der Waals surface area contributed by atoms with Gasteiger partial charge < -0.3 is 9.15 Å². The molecule has 0 fully saturated rings. The smallest absolute Gasteiger partial charge is 0.312 e. The van der Waals surface area contributed by atoms with E-state index in [1.165, 1.54) is 12.3 Å². The van der Waals surface area contributed by atoms with Crippen molar-refractivity contribution in [2.24, 2.45) is 5.10 Å². The van der Waals surface area contributed by atoms with Gasteiger partial charge in [0.25, 0.3) is 5.56 Å². The summed E-state index contributed by atoms with van der Waals surface area (Å²) in [5.41, 5.74) is 0.736. The van der Waals surface area contributed by atoms with Crippen LogP contribution in [0.25, 0.3) is 33.5 Å². The van der Waals surface area contributed by atoms with E-state index in [1.54, 1.807) is 36.4 Å². The van der Waals surface area contributed by atoms with Crippen molar-refractivity contribution >= 4 is 49.7 Å². The maximum atomic E-state index is 13.4. The lowest BCUT2D eigenvalue weighted by molar-refractivity contribution is -0.385. The Morgan fingerprint density at radius 3 is 2.75 bits per heavy atom. The number of furan rings is 1. The number of para-hydroxylation sites is 2. The van der Waals surface area contributed by atoms with Crippen LogP contribution in [0.5, 0.6) is 5.75 Å². The summed E-state index contributed by atoms with van der Waals surface area (Å²) >= 11 is 3.28. The predicted molar refractivity (Wildman–Crippen MR) is 139 cm³/mol. The number of halogens is 1. The van der Waals surface area contributed by atoms with E-state index in [0.717, 1.165) is 10.1 Å². The third-order valence-corrected chi connectivity index (χ3v) is 5.85. The average Bonchev–Trinajstić information content (AvgIpc) is 3.31. The molecule has 176 valence electrons. The molecule has 5 rings (SSSR count). The van der Waals surface area contributed by atoms with E-state index < -0.39 is 10.5 Å². The molecule has 2 aromatic heterocycles.